The molecule has 2 heterocycles. The van der Waals surface area contributed by atoms with Crippen LogP contribution in [0.5, 0.6) is 0 Å². The van der Waals surface area contributed by atoms with Gasteiger partial charge >= 0.3 is 6.09 Å². The molecule has 116 valence electrons. The van der Waals surface area contributed by atoms with E-state index in [1.807, 2.05) is 0 Å². The Morgan fingerprint density at radius 1 is 1.43 bits per heavy atom. The maximum atomic E-state index is 11.5. The fourth-order valence-corrected chi connectivity index (χ4v) is 3.13. The molecule has 1 aromatic heterocycles. The molecular weight excluding hydrogens is 296 g/mol. The Balaban J connectivity index is 2.15. The monoisotopic (exact) mass is 314 g/mol. The Hall–Kier alpha value is -1.67. The minimum absolute atomic E-state index is 0.0785. The third-order valence-electron chi connectivity index (χ3n) is 3.50. The summed E-state index contributed by atoms with van der Waals surface area (Å²) in [5.41, 5.74) is 0.553. The average Bonchev–Trinajstić information content (AvgIpc) is 2.45. The van der Waals surface area contributed by atoms with Gasteiger partial charge in [-0.2, -0.15) is 8.42 Å². The Morgan fingerprint density at radius 2 is 2.10 bits per heavy atom. The van der Waals surface area contributed by atoms with E-state index in [1.165, 1.54) is 4.90 Å². The van der Waals surface area contributed by atoms with E-state index in [0.717, 1.165) is 6.26 Å². The maximum Gasteiger partial charge on any atom is 0.407 e. The highest BCUT2D eigenvalue weighted by atomic mass is 32.2. The van der Waals surface area contributed by atoms with E-state index in [4.69, 9.17) is 9.29 Å². The number of rotatable bonds is 4. The van der Waals surface area contributed by atoms with Crippen LogP contribution in [0.3, 0.4) is 0 Å². The van der Waals surface area contributed by atoms with Crippen molar-refractivity contribution in [1.29, 1.82) is 0 Å². The number of carboxylic acid groups (broad SMARTS) is 1. The average molecular weight is 314 g/mol. The number of pyridine rings is 1. The first-order valence-corrected chi connectivity index (χ1v) is 8.45. The lowest BCUT2D eigenvalue weighted by atomic mass is 9.89. The smallest absolute Gasteiger partial charge is 0.407 e. The van der Waals surface area contributed by atoms with Crippen molar-refractivity contribution in [2.75, 3.05) is 19.3 Å². The zero-order valence-electron chi connectivity index (χ0n) is 11.7. The van der Waals surface area contributed by atoms with Gasteiger partial charge in [0.05, 0.1) is 11.9 Å². The van der Waals surface area contributed by atoms with Crippen LogP contribution in [0.25, 0.3) is 0 Å². The normalized spacial score (nSPS) is 18.4. The van der Waals surface area contributed by atoms with Crippen LogP contribution in [0.15, 0.2) is 24.4 Å². The maximum absolute atomic E-state index is 11.5. The van der Waals surface area contributed by atoms with E-state index < -0.39 is 22.3 Å². The molecule has 1 saturated heterocycles. The first-order chi connectivity index (χ1) is 9.87. The number of nitrogens with zero attached hydrogens (tertiary/aromatic N) is 2. The lowest BCUT2D eigenvalue weighted by molar-refractivity contribution is 0.0743. The molecule has 0 radical (unpaired) electrons. The number of piperidine rings is 1. The van der Waals surface area contributed by atoms with Crippen LogP contribution in [-0.4, -0.2) is 48.8 Å². The third kappa shape index (κ3) is 4.40. The number of carbonyl (C=O) groups is 1. The van der Waals surface area contributed by atoms with E-state index in [2.05, 4.69) is 4.98 Å². The van der Waals surface area contributed by atoms with Crippen molar-refractivity contribution in [1.82, 2.24) is 9.88 Å². The van der Waals surface area contributed by atoms with E-state index in [9.17, 15) is 13.2 Å². The van der Waals surface area contributed by atoms with Gasteiger partial charge < -0.3 is 10.0 Å². The highest BCUT2D eigenvalue weighted by molar-refractivity contribution is 7.86. The Bertz CT molecular complexity index is 582. The van der Waals surface area contributed by atoms with Crippen molar-refractivity contribution in [2.45, 2.75) is 18.9 Å². The fraction of sp³-hybridized carbons (Fsp3) is 0.538. The summed E-state index contributed by atoms with van der Waals surface area (Å²) < 4.78 is 28.2. The van der Waals surface area contributed by atoms with Gasteiger partial charge in [0, 0.05) is 19.3 Å². The molecular formula is C13H18N2O5S. The van der Waals surface area contributed by atoms with Crippen molar-refractivity contribution in [3.8, 4) is 0 Å². The van der Waals surface area contributed by atoms with Gasteiger partial charge in [0.25, 0.3) is 10.1 Å². The highest BCUT2D eigenvalue weighted by Gasteiger charge is 2.32. The highest BCUT2D eigenvalue weighted by Crippen LogP contribution is 2.33. The number of amides is 1. The molecule has 8 heteroatoms. The Kier molecular flexibility index (Phi) is 4.79. The van der Waals surface area contributed by atoms with Crippen molar-refractivity contribution in [3.05, 3.63) is 30.1 Å². The molecule has 1 amide bonds. The van der Waals surface area contributed by atoms with E-state index in [-0.39, 0.29) is 5.92 Å². The molecule has 2 rings (SSSR count). The second-order valence-electron chi connectivity index (χ2n) is 5.08. The van der Waals surface area contributed by atoms with Crippen LogP contribution in [0.1, 0.15) is 24.6 Å². The van der Waals surface area contributed by atoms with Crippen molar-refractivity contribution >= 4 is 16.2 Å². The quantitative estimate of drug-likeness (QED) is 0.846. The first-order valence-electron chi connectivity index (χ1n) is 6.64. The summed E-state index contributed by atoms with van der Waals surface area (Å²) in [7, 11) is -3.62. The zero-order chi connectivity index (χ0) is 15.5. The lowest BCUT2D eigenvalue weighted by Gasteiger charge is -2.33. The molecule has 1 fully saturated rings. The van der Waals surface area contributed by atoms with Crippen LogP contribution in [-0.2, 0) is 14.3 Å². The van der Waals surface area contributed by atoms with Gasteiger partial charge in [-0.25, -0.2) is 4.79 Å². The number of aromatic nitrogens is 1. The standard InChI is InChI=1S/C13H18N2O5S/c1-21(18,19)20-12(11-4-2-3-7-14-11)10-5-8-15(9-6-10)13(16)17/h2-4,7,10,12H,5-6,8-9H2,1H3,(H,16,17). The largest absolute Gasteiger partial charge is 0.465 e. The second kappa shape index (κ2) is 6.40. The summed E-state index contributed by atoms with van der Waals surface area (Å²) >= 11 is 0. The molecule has 21 heavy (non-hydrogen) atoms. The molecule has 0 aromatic carbocycles. The molecule has 1 aliphatic rings. The molecule has 1 atom stereocenters. The van der Waals surface area contributed by atoms with Gasteiger partial charge in [0.1, 0.15) is 6.10 Å². The fourth-order valence-electron chi connectivity index (χ4n) is 2.50. The Labute approximate surface area is 123 Å². The molecule has 1 aromatic rings. The lowest BCUT2D eigenvalue weighted by Crippen LogP contribution is -2.39. The summed E-state index contributed by atoms with van der Waals surface area (Å²) in [5.74, 6) is -0.0785. The minimum Gasteiger partial charge on any atom is -0.465 e. The van der Waals surface area contributed by atoms with Crippen LogP contribution in [0, 0.1) is 5.92 Å². The van der Waals surface area contributed by atoms with Crippen molar-refractivity contribution < 1.29 is 22.5 Å². The van der Waals surface area contributed by atoms with E-state index in [0.29, 0.717) is 31.6 Å². The first kappa shape index (κ1) is 15.7. The van der Waals surface area contributed by atoms with E-state index >= 15 is 0 Å². The van der Waals surface area contributed by atoms with Crippen molar-refractivity contribution in [2.24, 2.45) is 5.92 Å². The van der Waals surface area contributed by atoms with Gasteiger partial charge in [-0.1, -0.05) is 6.07 Å². The van der Waals surface area contributed by atoms with Crippen LogP contribution < -0.4 is 0 Å². The molecule has 1 N–H and O–H groups in total. The predicted octanol–water partition coefficient (Wildman–Crippen LogP) is 1.49. The SMILES string of the molecule is CS(=O)(=O)OC(c1ccccn1)C1CCN(C(=O)O)CC1. The summed E-state index contributed by atoms with van der Waals surface area (Å²) in [5, 5.41) is 8.95. The summed E-state index contributed by atoms with van der Waals surface area (Å²) in [6.45, 7) is 0.743. The molecule has 1 aliphatic heterocycles. The van der Waals surface area contributed by atoms with E-state index in [1.54, 1.807) is 24.4 Å². The summed E-state index contributed by atoms with van der Waals surface area (Å²) in [6.07, 6.45) is 2.06. The second-order valence-corrected chi connectivity index (χ2v) is 6.68. The molecule has 7 nitrogen and oxygen atoms in total. The van der Waals surface area contributed by atoms with Gasteiger partial charge in [-0.3, -0.25) is 9.17 Å². The molecule has 0 aliphatic carbocycles. The number of hydrogen-bond acceptors (Lipinski definition) is 5. The van der Waals surface area contributed by atoms with Gasteiger partial charge in [0.2, 0.25) is 0 Å². The molecule has 0 bridgehead atoms. The topological polar surface area (TPSA) is 96.8 Å². The molecule has 0 saturated carbocycles. The van der Waals surface area contributed by atoms with Gasteiger partial charge in [-0.05, 0) is 30.9 Å². The van der Waals surface area contributed by atoms with Gasteiger partial charge in [0.15, 0.2) is 0 Å². The van der Waals surface area contributed by atoms with Crippen LogP contribution in [0.2, 0.25) is 0 Å². The van der Waals surface area contributed by atoms with Crippen LogP contribution >= 0.6 is 0 Å². The number of likely N-dealkylation sites (tertiary alicyclic amines) is 1. The van der Waals surface area contributed by atoms with Gasteiger partial charge in [-0.15, -0.1) is 0 Å². The third-order valence-corrected chi connectivity index (χ3v) is 4.05. The molecule has 0 spiro atoms. The summed E-state index contributed by atoms with van der Waals surface area (Å²) in [6, 6.07) is 5.24. The Morgan fingerprint density at radius 3 is 2.57 bits per heavy atom. The predicted molar refractivity (Wildman–Crippen MR) is 75.2 cm³/mol. The number of hydrogen-bond donors (Lipinski definition) is 1. The minimum atomic E-state index is -3.62. The molecule has 1 unspecified atom stereocenters. The zero-order valence-corrected chi connectivity index (χ0v) is 12.5. The van der Waals surface area contributed by atoms with Crippen molar-refractivity contribution in [3.63, 3.8) is 0 Å². The van der Waals surface area contributed by atoms with Crippen LogP contribution in [0.4, 0.5) is 4.79 Å². The summed E-state index contributed by atoms with van der Waals surface area (Å²) in [4.78, 5) is 16.4.